The Morgan fingerprint density at radius 3 is 2.96 bits per heavy atom. The standard InChI is InChI=1S/C15H18N6O2S/c1-4-11(15-17-9(2)10(3)24-15)18-13(22)7-23-14-6-5-12-19-16-8-21(12)20-14/h5-6,8,11H,4,7H2,1-3H3,(H,18,22). The van der Waals surface area contributed by atoms with Crippen molar-refractivity contribution in [3.05, 3.63) is 34.0 Å². The molecule has 8 nitrogen and oxygen atoms in total. The minimum Gasteiger partial charge on any atom is -0.467 e. The zero-order valence-corrected chi connectivity index (χ0v) is 14.5. The first-order chi connectivity index (χ1) is 11.6. The van der Waals surface area contributed by atoms with Crippen molar-refractivity contribution < 1.29 is 9.53 Å². The van der Waals surface area contributed by atoms with Gasteiger partial charge >= 0.3 is 0 Å². The average molecular weight is 346 g/mol. The van der Waals surface area contributed by atoms with Crippen molar-refractivity contribution in [2.75, 3.05) is 6.61 Å². The summed E-state index contributed by atoms with van der Waals surface area (Å²) >= 11 is 1.61. The Balaban J connectivity index is 1.59. The number of nitrogens with zero attached hydrogens (tertiary/aromatic N) is 5. The second kappa shape index (κ2) is 6.91. The molecule has 3 aromatic rings. The number of ether oxygens (including phenoxy) is 1. The maximum Gasteiger partial charge on any atom is 0.258 e. The van der Waals surface area contributed by atoms with Crippen molar-refractivity contribution in [2.24, 2.45) is 0 Å². The van der Waals surface area contributed by atoms with E-state index in [1.54, 1.807) is 23.5 Å². The van der Waals surface area contributed by atoms with E-state index in [1.807, 2.05) is 20.8 Å². The van der Waals surface area contributed by atoms with Gasteiger partial charge in [0, 0.05) is 10.9 Å². The molecule has 0 aliphatic heterocycles. The van der Waals surface area contributed by atoms with Crippen LogP contribution in [0.2, 0.25) is 0 Å². The molecule has 1 amide bonds. The quantitative estimate of drug-likeness (QED) is 0.732. The van der Waals surface area contributed by atoms with Gasteiger partial charge in [0.2, 0.25) is 5.88 Å². The van der Waals surface area contributed by atoms with E-state index in [0.29, 0.717) is 11.5 Å². The Morgan fingerprint density at radius 2 is 2.25 bits per heavy atom. The maximum absolute atomic E-state index is 12.1. The Bertz CT molecular complexity index is 839. The zero-order chi connectivity index (χ0) is 17.1. The molecule has 1 N–H and O–H groups in total. The summed E-state index contributed by atoms with van der Waals surface area (Å²) in [5.41, 5.74) is 1.62. The Kier molecular flexibility index (Phi) is 4.70. The number of hydrogen-bond acceptors (Lipinski definition) is 7. The molecule has 0 aliphatic carbocycles. The summed E-state index contributed by atoms with van der Waals surface area (Å²) in [5.74, 6) is 0.129. The molecule has 1 atom stereocenters. The van der Waals surface area contributed by atoms with Crippen LogP contribution in [0.1, 0.15) is 35.0 Å². The number of carbonyl (C=O) groups is 1. The molecule has 0 fully saturated rings. The topological polar surface area (TPSA) is 94.3 Å². The summed E-state index contributed by atoms with van der Waals surface area (Å²) in [6, 6.07) is 3.28. The number of thiazole rings is 1. The van der Waals surface area contributed by atoms with Gasteiger partial charge in [0.05, 0.1) is 11.7 Å². The zero-order valence-electron chi connectivity index (χ0n) is 13.7. The molecular formula is C15H18N6O2S. The average Bonchev–Trinajstić information content (AvgIpc) is 3.17. The number of nitrogens with one attached hydrogen (secondary N) is 1. The van der Waals surface area contributed by atoms with Gasteiger partial charge in [-0.25, -0.2) is 4.98 Å². The van der Waals surface area contributed by atoms with E-state index in [1.165, 1.54) is 15.7 Å². The van der Waals surface area contributed by atoms with Crippen LogP contribution >= 0.6 is 11.3 Å². The first-order valence-electron chi connectivity index (χ1n) is 7.60. The van der Waals surface area contributed by atoms with Crippen molar-refractivity contribution in [1.82, 2.24) is 30.1 Å². The lowest BCUT2D eigenvalue weighted by atomic mass is 10.2. The number of fused-ring (bicyclic) bond motifs is 1. The van der Waals surface area contributed by atoms with Crippen LogP contribution in [0.4, 0.5) is 0 Å². The highest BCUT2D eigenvalue weighted by atomic mass is 32.1. The van der Waals surface area contributed by atoms with Gasteiger partial charge in [-0.1, -0.05) is 6.92 Å². The third-order valence-corrected chi connectivity index (χ3v) is 4.76. The summed E-state index contributed by atoms with van der Waals surface area (Å²) in [6.07, 6.45) is 2.24. The number of hydrogen-bond donors (Lipinski definition) is 1. The smallest absolute Gasteiger partial charge is 0.258 e. The fourth-order valence-electron chi connectivity index (χ4n) is 2.15. The van der Waals surface area contributed by atoms with Crippen molar-refractivity contribution in [3.63, 3.8) is 0 Å². The minimum absolute atomic E-state index is 0.105. The molecule has 126 valence electrons. The number of aryl methyl sites for hydroxylation is 2. The highest BCUT2D eigenvalue weighted by molar-refractivity contribution is 7.11. The lowest BCUT2D eigenvalue weighted by molar-refractivity contribution is -0.124. The molecule has 0 spiro atoms. The van der Waals surface area contributed by atoms with Gasteiger partial charge in [-0.3, -0.25) is 4.79 Å². The van der Waals surface area contributed by atoms with E-state index in [2.05, 4.69) is 25.6 Å². The highest BCUT2D eigenvalue weighted by Gasteiger charge is 2.17. The molecule has 0 saturated carbocycles. The normalized spacial score (nSPS) is 12.3. The van der Waals surface area contributed by atoms with Crippen LogP contribution in [0, 0.1) is 13.8 Å². The van der Waals surface area contributed by atoms with Crippen molar-refractivity contribution in [2.45, 2.75) is 33.2 Å². The van der Waals surface area contributed by atoms with Crippen LogP contribution in [0.5, 0.6) is 5.88 Å². The molecule has 0 aliphatic rings. The van der Waals surface area contributed by atoms with E-state index in [9.17, 15) is 4.79 Å². The second-order valence-corrected chi connectivity index (χ2v) is 6.55. The minimum atomic E-state index is -0.210. The van der Waals surface area contributed by atoms with Crippen LogP contribution in [0.3, 0.4) is 0 Å². The summed E-state index contributed by atoms with van der Waals surface area (Å²) in [6.45, 7) is 5.90. The van der Waals surface area contributed by atoms with Crippen LogP contribution in [0.25, 0.3) is 5.65 Å². The molecular weight excluding hydrogens is 328 g/mol. The van der Waals surface area contributed by atoms with Gasteiger partial charge in [-0.05, 0) is 26.3 Å². The predicted molar refractivity (Wildman–Crippen MR) is 89.0 cm³/mol. The number of aromatic nitrogens is 5. The van der Waals surface area contributed by atoms with Crippen molar-refractivity contribution in [1.29, 1.82) is 0 Å². The molecule has 3 aromatic heterocycles. The molecule has 0 saturated heterocycles. The number of carbonyl (C=O) groups excluding carboxylic acids is 1. The molecule has 24 heavy (non-hydrogen) atoms. The summed E-state index contributed by atoms with van der Waals surface area (Å²) in [7, 11) is 0. The van der Waals surface area contributed by atoms with Crippen LogP contribution in [0.15, 0.2) is 18.5 Å². The number of rotatable bonds is 6. The Morgan fingerprint density at radius 1 is 1.42 bits per heavy atom. The van der Waals surface area contributed by atoms with Gasteiger partial charge in [-0.2, -0.15) is 4.52 Å². The molecule has 1 unspecified atom stereocenters. The van der Waals surface area contributed by atoms with Crippen LogP contribution < -0.4 is 10.1 Å². The van der Waals surface area contributed by atoms with E-state index < -0.39 is 0 Å². The lowest BCUT2D eigenvalue weighted by Crippen LogP contribution is -2.32. The maximum atomic E-state index is 12.1. The van der Waals surface area contributed by atoms with E-state index in [4.69, 9.17) is 4.74 Å². The first-order valence-corrected chi connectivity index (χ1v) is 8.41. The van der Waals surface area contributed by atoms with E-state index >= 15 is 0 Å². The van der Waals surface area contributed by atoms with Crippen molar-refractivity contribution >= 4 is 22.9 Å². The predicted octanol–water partition coefficient (Wildman–Crippen LogP) is 1.84. The third kappa shape index (κ3) is 3.51. The second-order valence-electron chi connectivity index (χ2n) is 5.32. The highest BCUT2D eigenvalue weighted by Crippen LogP contribution is 2.24. The van der Waals surface area contributed by atoms with Gasteiger partial charge in [-0.15, -0.1) is 26.6 Å². The molecule has 0 aromatic carbocycles. The van der Waals surface area contributed by atoms with Crippen LogP contribution in [-0.4, -0.2) is 37.3 Å². The Labute approximate surface area is 142 Å². The van der Waals surface area contributed by atoms with E-state index in [0.717, 1.165) is 17.1 Å². The fourth-order valence-corrected chi connectivity index (χ4v) is 3.21. The lowest BCUT2D eigenvalue weighted by Gasteiger charge is -2.14. The van der Waals surface area contributed by atoms with Gasteiger partial charge in [0.15, 0.2) is 12.3 Å². The van der Waals surface area contributed by atoms with Gasteiger partial charge in [0.25, 0.3) is 5.91 Å². The molecule has 3 heterocycles. The molecule has 0 bridgehead atoms. The fraction of sp³-hybridized carbons (Fsp3) is 0.400. The van der Waals surface area contributed by atoms with Gasteiger partial charge in [0.1, 0.15) is 11.3 Å². The van der Waals surface area contributed by atoms with Crippen LogP contribution in [-0.2, 0) is 4.79 Å². The SMILES string of the molecule is CCC(NC(=O)COc1ccc2nncn2n1)c1nc(C)c(C)s1. The largest absolute Gasteiger partial charge is 0.467 e. The van der Waals surface area contributed by atoms with E-state index in [-0.39, 0.29) is 18.6 Å². The molecule has 3 rings (SSSR count). The Hall–Kier alpha value is -2.55. The molecule has 0 radical (unpaired) electrons. The van der Waals surface area contributed by atoms with Gasteiger partial charge < -0.3 is 10.1 Å². The molecule has 9 heteroatoms. The summed E-state index contributed by atoms with van der Waals surface area (Å²) in [5, 5.41) is 15.6. The third-order valence-electron chi connectivity index (χ3n) is 3.57. The van der Waals surface area contributed by atoms with Crippen molar-refractivity contribution in [3.8, 4) is 5.88 Å². The first kappa shape index (κ1) is 16.3. The summed E-state index contributed by atoms with van der Waals surface area (Å²) < 4.78 is 6.93. The summed E-state index contributed by atoms with van der Waals surface area (Å²) in [4.78, 5) is 17.8. The number of amides is 1. The monoisotopic (exact) mass is 346 g/mol.